The molecule has 1 rings (SSSR count). The minimum atomic E-state index is -0.321. The highest BCUT2D eigenvalue weighted by Crippen LogP contribution is 2.23. The summed E-state index contributed by atoms with van der Waals surface area (Å²) in [7, 11) is 1.36. The van der Waals surface area contributed by atoms with Crippen molar-refractivity contribution in [3.05, 3.63) is 34.3 Å². The molecule has 0 aromatic heterocycles. The van der Waals surface area contributed by atoms with Crippen LogP contribution in [-0.4, -0.2) is 13.1 Å². The quantitative estimate of drug-likeness (QED) is 0.844. The molecule has 1 atom stereocenters. The van der Waals surface area contributed by atoms with Crippen LogP contribution < -0.4 is 5.73 Å². The summed E-state index contributed by atoms with van der Waals surface area (Å²) in [6, 6.07) is 7.25. The third kappa shape index (κ3) is 2.82. The molecule has 0 aliphatic carbocycles. The second kappa shape index (κ2) is 5.12. The maximum absolute atomic E-state index is 11.0. The molecule has 0 heterocycles. The molecule has 0 amide bonds. The van der Waals surface area contributed by atoms with Crippen LogP contribution in [0.4, 0.5) is 0 Å². The van der Waals surface area contributed by atoms with E-state index in [1.54, 1.807) is 0 Å². The van der Waals surface area contributed by atoms with Crippen LogP contribution in [0, 0.1) is 0 Å². The predicted octanol–water partition coefficient (Wildman–Crippen LogP) is 2.01. The average Bonchev–Trinajstić information content (AvgIpc) is 2.18. The van der Waals surface area contributed by atoms with E-state index in [2.05, 4.69) is 20.7 Å². The highest BCUT2D eigenvalue weighted by atomic mass is 79.9. The van der Waals surface area contributed by atoms with Crippen molar-refractivity contribution in [1.29, 1.82) is 0 Å². The van der Waals surface area contributed by atoms with Crippen molar-refractivity contribution in [2.24, 2.45) is 5.73 Å². The van der Waals surface area contributed by atoms with Crippen molar-refractivity contribution >= 4 is 21.9 Å². The molecule has 0 unspecified atom stereocenters. The Morgan fingerprint density at radius 2 is 2.21 bits per heavy atom. The summed E-state index contributed by atoms with van der Waals surface area (Å²) in [5.74, 6) is -0.298. The van der Waals surface area contributed by atoms with Crippen molar-refractivity contribution in [2.75, 3.05) is 7.11 Å². The molecule has 0 bridgehead atoms. The number of esters is 1. The molecule has 2 N–H and O–H groups in total. The molecule has 0 saturated carbocycles. The molecule has 76 valence electrons. The Morgan fingerprint density at radius 3 is 2.79 bits per heavy atom. The summed E-state index contributed by atoms with van der Waals surface area (Å²) in [5.41, 5.74) is 6.76. The lowest BCUT2D eigenvalue weighted by Crippen LogP contribution is -2.16. The van der Waals surface area contributed by atoms with Crippen LogP contribution in [0.15, 0.2) is 28.7 Å². The highest BCUT2D eigenvalue weighted by Gasteiger charge is 2.13. The topological polar surface area (TPSA) is 52.3 Å². The second-order valence-corrected chi connectivity index (χ2v) is 3.76. The number of hydrogen-bond acceptors (Lipinski definition) is 3. The van der Waals surface area contributed by atoms with E-state index in [0.717, 1.165) is 10.0 Å². The molecule has 14 heavy (non-hydrogen) atoms. The fourth-order valence-corrected chi connectivity index (χ4v) is 1.73. The van der Waals surface area contributed by atoms with Crippen LogP contribution in [0.2, 0.25) is 0 Å². The Balaban J connectivity index is 2.74. The Hall–Kier alpha value is -0.870. The van der Waals surface area contributed by atoms with Gasteiger partial charge in [-0.15, -0.1) is 0 Å². The molecule has 0 radical (unpaired) electrons. The van der Waals surface area contributed by atoms with E-state index in [1.165, 1.54) is 7.11 Å². The fraction of sp³-hybridized carbons (Fsp3) is 0.300. The molecule has 1 aromatic carbocycles. The van der Waals surface area contributed by atoms with Gasteiger partial charge in [0, 0.05) is 10.5 Å². The first-order chi connectivity index (χ1) is 6.65. The molecule has 0 aliphatic heterocycles. The Kier molecular flexibility index (Phi) is 4.10. The van der Waals surface area contributed by atoms with Gasteiger partial charge in [-0.1, -0.05) is 34.1 Å². The molecule has 0 aliphatic rings. The Morgan fingerprint density at radius 1 is 1.57 bits per heavy atom. The van der Waals surface area contributed by atoms with E-state index in [1.807, 2.05) is 24.3 Å². The first-order valence-corrected chi connectivity index (χ1v) is 5.01. The third-order valence-corrected chi connectivity index (χ3v) is 2.64. The zero-order valence-electron chi connectivity index (χ0n) is 7.87. The maximum atomic E-state index is 11.0. The minimum absolute atomic E-state index is 0.194. The van der Waals surface area contributed by atoms with Gasteiger partial charge in [0.25, 0.3) is 0 Å². The minimum Gasteiger partial charge on any atom is -0.469 e. The number of halogens is 1. The lowest BCUT2D eigenvalue weighted by Gasteiger charge is -2.11. The van der Waals surface area contributed by atoms with Gasteiger partial charge in [0.15, 0.2) is 0 Å². The zero-order valence-corrected chi connectivity index (χ0v) is 9.45. The third-order valence-electron chi connectivity index (χ3n) is 1.92. The average molecular weight is 258 g/mol. The Bertz CT molecular complexity index is 328. The first kappa shape index (κ1) is 11.2. The van der Waals surface area contributed by atoms with Gasteiger partial charge in [-0.3, -0.25) is 4.79 Å². The van der Waals surface area contributed by atoms with E-state index in [-0.39, 0.29) is 18.4 Å². The van der Waals surface area contributed by atoms with Gasteiger partial charge in [-0.05, 0) is 11.6 Å². The number of rotatable bonds is 3. The Labute approximate surface area is 91.4 Å². The molecular formula is C10H12BrNO2. The number of ether oxygens (including phenoxy) is 1. The molecule has 4 heteroatoms. The largest absolute Gasteiger partial charge is 0.469 e. The number of hydrogen-bond donors (Lipinski definition) is 1. The predicted molar refractivity (Wildman–Crippen MR) is 57.7 cm³/mol. The van der Waals surface area contributed by atoms with E-state index < -0.39 is 0 Å². The van der Waals surface area contributed by atoms with Crippen LogP contribution in [0.5, 0.6) is 0 Å². The fourth-order valence-electron chi connectivity index (χ4n) is 1.15. The molecule has 1 aromatic rings. The second-order valence-electron chi connectivity index (χ2n) is 2.91. The lowest BCUT2D eigenvalue weighted by molar-refractivity contribution is -0.141. The van der Waals surface area contributed by atoms with Gasteiger partial charge in [0.1, 0.15) is 0 Å². The summed E-state index contributed by atoms with van der Waals surface area (Å²) in [6.45, 7) is 0. The number of methoxy groups -OCH3 is 1. The van der Waals surface area contributed by atoms with Crippen molar-refractivity contribution in [3.63, 3.8) is 0 Å². The van der Waals surface area contributed by atoms with Crippen molar-refractivity contribution in [1.82, 2.24) is 0 Å². The van der Waals surface area contributed by atoms with E-state index in [4.69, 9.17) is 5.73 Å². The summed E-state index contributed by atoms with van der Waals surface area (Å²) in [4.78, 5) is 11.0. The van der Waals surface area contributed by atoms with E-state index in [9.17, 15) is 4.79 Å². The molecule has 0 fully saturated rings. The van der Waals surface area contributed by atoms with Crippen LogP contribution in [0.3, 0.4) is 0 Å². The van der Waals surface area contributed by atoms with Gasteiger partial charge in [-0.2, -0.15) is 0 Å². The number of carbonyl (C=O) groups excluding carboxylic acids is 1. The van der Waals surface area contributed by atoms with Crippen LogP contribution >= 0.6 is 15.9 Å². The van der Waals surface area contributed by atoms with Crippen molar-refractivity contribution in [3.8, 4) is 0 Å². The first-order valence-electron chi connectivity index (χ1n) is 4.22. The summed E-state index contributed by atoms with van der Waals surface area (Å²) < 4.78 is 5.46. The van der Waals surface area contributed by atoms with Gasteiger partial charge in [0.05, 0.1) is 13.5 Å². The standard InChI is InChI=1S/C10H12BrNO2/c1-14-10(13)6-9(12)7-4-2-3-5-8(7)11/h2-5,9H,6,12H2,1H3/t9-/m1/s1. The zero-order chi connectivity index (χ0) is 10.6. The highest BCUT2D eigenvalue weighted by molar-refractivity contribution is 9.10. The van der Waals surface area contributed by atoms with Gasteiger partial charge >= 0.3 is 5.97 Å². The van der Waals surface area contributed by atoms with Gasteiger partial charge in [0.2, 0.25) is 0 Å². The number of nitrogens with two attached hydrogens (primary N) is 1. The molecular weight excluding hydrogens is 246 g/mol. The maximum Gasteiger partial charge on any atom is 0.307 e. The number of benzene rings is 1. The monoisotopic (exact) mass is 257 g/mol. The normalized spacial score (nSPS) is 12.2. The van der Waals surface area contributed by atoms with E-state index >= 15 is 0 Å². The number of carbonyl (C=O) groups is 1. The molecule has 0 spiro atoms. The van der Waals surface area contributed by atoms with Crippen molar-refractivity contribution < 1.29 is 9.53 Å². The molecule has 3 nitrogen and oxygen atoms in total. The van der Waals surface area contributed by atoms with Crippen LogP contribution in [0.25, 0.3) is 0 Å². The van der Waals surface area contributed by atoms with Gasteiger partial charge < -0.3 is 10.5 Å². The summed E-state index contributed by atoms with van der Waals surface area (Å²) in [5, 5.41) is 0. The van der Waals surface area contributed by atoms with Crippen LogP contribution in [0.1, 0.15) is 18.0 Å². The van der Waals surface area contributed by atoms with Crippen LogP contribution in [-0.2, 0) is 9.53 Å². The van der Waals surface area contributed by atoms with Crippen molar-refractivity contribution in [2.45, 2.75) is 12.5 Å². The molecule has 0 saturated heterocycles. The lowest BCUT2D eigenvalue weighted by atomic mass is 10.1. The smallest absolute Gasteiger partial charge is 0.307 e. The summed E-state index contributed by atoms with van der Waals surface area (Å²) >= 11 is 3.38. The SMILES string of the molecule is COC(=O)C[C@@H](N)c1ccccc1Br. The van der Waals surface area contributed by atoms with Gasteiger partial charge in [-0.25, -0.2) is 0 Å². The summed E-state index contributed by atoms with van der Waals surface area (Å²) in [6.07, 6.45) is 0.194. The van der Waals surface area contributed by atoms with E-state index in [0.29, 0.717) is 0 Å².